The molecule has 32 heavy (non-hydrogen) atoms. The quantitative estimate of drug-likeness (QED) is 0.647. The first-order valence-electron chi connectivity index (χ1n) is 10.5. The maximum absolute atomic E-state index is 12.9. The number of carbonyl (C=O) groups is 3. The van der Waals surface area contributed by atoms with Crippen molar-refractivity contribution in [1.82, 2.24) is 9.88 Å². The van der Waals surface area contributed by atoms with E-state index in [1.54, 1.807) is 6.07 Å². The number of amides is 3. The molecule has 4 rings (SSSR count). The van der Waals surface area contributed by atoms with Gasteiger partial charge < -0.3 is 5.32 Å². The normalized spacial score (nSPS) is 21.0. The zero-order valence-electron chi connectivity index (χ0n) is 17.2. The van der Waals surface area contributed by atoms with E-state index in [0.717, 1.165) is 37.8 Å². The fraction of sp³-hybridized carbons (Fsp3) is 0.455. The molecule has 0 spiro atoms. The number of alkyl halides is 3. The van der Waals surface area contributed by atoms with Gasteiger partial charge in [0.25, 0.3) is 0 Å². The molecule has 0 bridgehead atoms. The SMILES string of the molecule is O=C(CCN1C(=O)C2CCCCC2C1=O)Nc1ncc(Cc2cccc(C(F)(F)F)c2)s1. The summed E-state index contributed by atoms with van der Waals surface area (Å²) in [6, 6.07) is 5.08. The summed E-state index contributed by atoms with van der Waals surface area (Å²) in [5.41, 5.74) is -0.215. The highest BCUT2D eigenvalue weighted by Gasteiger charge is 2.47. The van der Waals surface area contributed by atoms with Crippen LogP contribution in [-0.2, 0) is 27.0 Å². The lowest BCUT2D eigenvalue weighted by Gasteiger charge is -2.19. The number of halogens is 3. The van der Waals surface area contributed by atoms with Gasteiger partial charge in [-0.05, 0) is 24.5 Å². The van der Waals surface area contributed by atoms with E-state index < -0.39 is 11.7 Å². The highest BCUT2D eigenvalue weighted by molar-refractivity contribution is 7.15. The lowest BCUT2D eigenvalue weighted by Crippen LogP contribution is -2.34. The van der Waals surface area contributed by atoms with E-state index in [9.17, 15) is 27.6 Å². The van der Waals surface area contributed by atoms with Crippen molar-refractivity contribution >= 4 is 34.2 Å². The molecule has 1 aromatic heterocycles. The maximum Gasteiger partial charge on any atom is 0.416 e. The van der Waals surface area contributed by atoms with E-state index in [1.807, 2.05) is 0 Å². The summed E-state index contributed by atoms with van der Waals surface area (Å²) in [6.07, 6.45) is 0.689. The molecule has 2 heterocycles. The molecule has 2 aliphatic rings. The first kappa shape index (κ1) is 22.4. The van der Waals surface area contributed by atoms with E-state index in [-0.39, 0.29) is 48.9 Å². The van der Waals surface area contributed by atoms with Crippen LogP contribution in [0.1, 0.15) is 48.1 Å². The second kappa shape index (κ2) is 9.01. The number of fused-ring (bicyclic) bond motifs is 1. The molecule has 2 atom stereocenters. The van der Waals surface area contributed by atoms with E-state index in [0.29, 0.717) is 15.6 Å². The van der Waals surface area contributed by atoms with Crippen molar-refractivity contribution in [3.63, 3.8) is 0 Å². The van der Waals surface area contributed by atoms with Crippen LogP contribution in [0, 0.1) is 11.8 Å². The minimum atomic E-state index is -4.40. The minimum Gasteiger partial charge on any atom is -0.302 e. The van der Waals surface area contributed by atoms with Gasteiger partial charge in [0.05, 0.1) is 17.4 Å². The molecule has 1 aliphatic carbocycles. The maximum atomic E-state index is 12.9. The lowest BCUT2D eigenvalue weighted by molar-refractivity contribution is -0.140. The summed E-state index contributed by atoms with van der Waals surface area (Å²) < 4.78 is 38.6. The summed E-state index contributed by atoms with van der Waals surface area (Å²) in [6.45, 7) is 0.0406. The van der Waals surface area contributed by atoms with Gasteiger partial charge >= 0.3 is 6.18 Å². The Morgan fingerprint density at radius 3 is 2.50 bits per heavy atom. The van der Waals surface area contributed by atoms with Crippen LogP contribution in [0.2, 0.25) is 0 Å². The molecule has 1 aliphatic heterocycles. The molecule has 2 aromatic rings. The summed E-state index contributed by atoms with van der Waals surface area (Å²) in [7, 11) is 0. The molecule has 1 aromatic carbocycles. The number of thiazole rings is 1. The molecular weight excluding hydrogens is 443 g/mol. The third-order valence-corrected chi connectivity index (χ3v) is 6.84. The Bertz CT molecular complexity index is 1010. The summed E-state index contributed by atoms with van der Waals surface area (Å²) in [5, 5.41) is 2.96. The van der Waals surface area contributed by atoms with Crippen molar-refractivity contribution in [2.75, 3.05) is 11.9 Å². The van der Waals surface area contributed by atoms with E-state index in [1.165, 1.54) is 28.5 Å². The number of hydrogen-bond acceptors (Lipinski definition) is 5. The molecule has 2 unspecified atom stereocenters. The number of rotatable bonds is 6. The van der Waals surface area contributed by atoms with Gasteiger partial charge in [0.2, 0.25) is 17.7 Å². The molecule has 6 nitrogen and oxygen atoms in total. The summed E-state index contributed by atoms with van der Waals surface area (Å²) in [4.78, 5) is 43.3. The molecular formula is C22H22F3N3O3S. The number of likely N-dealkylation sites (tertiary alicyclic amines) is 1. The minimum absolute atomic E-state index is 0.0283. The molecule has 2 fully saturated rings. The van der Waals surface area contributed by atoms with Crippen LogP contribution in [0.3, 0.4) is 0 Å². The third-order valence-electron chi connectivity index (χ3n) is 5.93. The first-order valence-corrected chi connectivity index (χ1v) is 11.3. The number of hydrogen-bond donors (Lipinski definition) is 1. The Morgan fingerprint density at radius 1 is 1.16 bits per heavy atom. The number of benzene rings is 1. The summed E-state index contributed by atoms with van der Waals surface area (Å²) in [5.74, 6) is -1.20. The Morgan fingerprint density at radius 2 is 1.84 bits per heavy atom. The van der Waals surface area contributed by atoms with Crippen LogP contribution in [-0.4, -0.2) is 34.2 Å². The van der Waals surface area contributed by atoms with E-state index >= 15 is 0 Å². The van der Waals surface area contributed by atoms with Crippen LogP contribution in [0.4, 0.5) is 18.3 Å². The topological polar surface area (TPSA) is 79.4 Å². The summed E-state index contributed by atoms with van der Waals surface area (Å²) >= 11 is 1.17. The van der Waals surface area contributed by atoms with Gasteiger partial charge in [-0.3, -0.25) is 19.3 Å². The van der Waals surface area contributed by atoms with Crippen molar-refractivity contribution in [3.05, 3.63) is 46.5 Å². The van der Waals surface area contributed by atoms with Crippen LogP contribution < -0.4 is 5.32 Å². The Labute approximate surface area is 186 Å². The lowest BCUT2D eigenvalue weighted by atomic mass is 9.81. The fourth-order valence-electron chi connectivity index (χ4n) is 4.35. The van der Waals surface area contributed by atoms with Crippen molar-refractivity contribution in [2.24, 2.45) is 11.8 Å². The molecule has 1 N–H and O–H groups in total. The third kappa shape index (κ3) is 4.85. The van der Waals surface area contributed by atoms with Gasteiger partial charge in [0.15, 0.2) is 5.13 Å². The van der Waals surface area contributed by atoms with Crippen LogP contribution in [0.15, 0.2) is 30.5 Å². The van der Waals surface area contributed by atoms with Gasteiger partial charge in [0, 0.05) is 30.5 Å². The van der Waals surface area contributed by atoms with Crippen molar-refractivity contribution in [2.45, 2.75) is 44.7 Å². The number of carbonyl (C=O) groups excluding carboxylic acids is 3. The Hall–Kier alpha value is -2.75. The van der Waals surface area contributed by atoms with Gasteiger partial charge in [-0.2, -0.15) is 13.2 Å². The monoisotopic (exact) mass is 465 g/mol. The number of imide groups is 1. The van der Waals surface area contributed by atoms with Crippen LogP contribution in [0.5, 0.6) is 0 Å². The molecule has 0 radical (unpaired) electrons. The number of nitrogens with zero attached hydrogens (tertiary/aromatic N) is 2. The zero-order valence-corrected chi connectivity index (χ0v) is 18.0. The van der Waals surface area contributed by atoms with Crippen LogP contribution in [0.25, 0.3) is 0 Å². The van der Waals surface area contributed by atoms with Gasteiger partial charge in [-0.15, -0.1) is 11.3 Å². The second-order valence-electron chi connectivity index (χ2n) is 8.13. The molecule has 3 amide bonds. The first-order chi connectivity index (χ1) is 15.2. The zero-order chi connectivity index (χ0) is 22.9. The molecule has 170 valence electrons. The van der Waals surface area contributed by atoms with Crippen molar-refractivity contribution in [3.8, 4) is 0 Å². The van der Waals surface area contributed by atoms with Gasteiger partial charge in [-0.25, -0.2) is 4.98 Å². The molecule has 1 saturated carbocycles. The predicted molar refractivity (Wildman–Crippen MR) is 112 cm³/mol. The number of aromatic nitrogens is 1. The van der Waals surface area contributed by atoms with E-state index in [2.05, 4.69) is 10.3 Å². The molecule has 1 saturated heterocycles. The smallest absolute Gasteiger partial charge is 0.302 e. The van der Waals surface area contributed by atoms with E-state index in [4.69, 9.17) is 0 Å². The Balaban J connectivity index is 1.31. The second-order valence-corrected chi connectivity index (χ2v) is 9.25. The Kier molecular flexibility index (Phi) is 6.32. The largest absolute Gasteiger partial charge is 0.416 e. The van der Waals surface area contributed by atoms with Gasteiger partial charge in [0.1, 0.15) is 0 Å². The highest BCUT2D eigenvalue weighted by Crippen LogP contribution is 2.38. The number of anilines is 1. The van der Waals surface area contributed by atoms with Crippen molar-refractivity contribution < 1.29 is 27.6 Å². The van der Waals surface area contributed by atoms with Gasteiger partial charge in [-0.1, -0.05) is 31.0 Å². The number of nitrogens with one attached hydrogen (secondary N) is 1. The van der Waals surface area contributed by atoms with Crippen LogP contribution >= 0.6 is 11.3 Å². The average Bonchev–Trinajstić information content (AvgIpc) is 3.28. The predicted octanol–water partition coefficient (Wildman–Crippen LogP) is 4.26. The fourth-order valence-corrected chi connectivity index (χ4v) is 5.22. The standard InChI is InChI=1S/C22H22F3N3O3S/c23-22(24,25)14-5-3-4-13(10-14)11-15-12-26-21(32-15)27-18(29)8-9-28-19(30)16-6-1-2-7-17(16)20(28)31/h3-5,10,12,16-17H,1-2,6-9,11H2,(H,26,27,29). The average molecular weight is 465 g/mol. The molecule has 10 heteroatoms. The van der Waals surface area contributed by atoms with Crippen molar-refractivity contribution in [1.29, 1.82) is 0 Å². The highest BCUT2D eigenvalue weighted by atomic mass is 32.1.